The lowest BCUT2D eigenvalue weighted by Gasteiger charge is -2.26. The molecule has 2 amide bonds. The van der Waals surface area contributed by atoms with Crippen molar-refractivity contribution in [2.24, 2.45) is 5.41 Å². The summed E-state index contributed by atoms with van der Waals surface area (Å²) in [6.45, 7) is 5.58. The number of carbonyl (C=O) groups is 2. The van der Waals surface area contributed by atoms with Gasteiger partial charge in [0.05, 0.1) is 6.07 Å². The fourth-order valence-corrected chi connectivity index (χ4v) is 2.32. The molecule has 0 aromatic rings. The summed E-state index contributed by atoms with van der Waals surface area (Å²) in [4.78, 5) is 24.2. The summed E-state index contributed by atoms with van der Waals surface area (Å²) in [6.07, 6.45) is 4.62. The van der Waals surface area contributed by atoms with Gasteiger partial charge in [0.1, 0.15) is 11.5 Å². The van der Waals surface area contributed by atoms with Gasteiger partial charge in [-0.2, -0.15) is 5.26 Å². The molecule has 1 saturated carbocycles. The highest BCUT2D eigenvalue weighted by Gasteiger charge is 2.38. The third-order valence-electron chi connectivity index (χ3n) is 3.67. The van der Waals surface area contributed by atoms with Crippen molar-refractivity contribution in [3.05, 3.63) is 0 Å². The van der Waals surface area contributed by atoms with Gasteiger partial charge >= 0.3 is 0 Å². The number of amides is 2. The Balaban J connectivity index is 2.64. The molecule has 0 saturated heterocycles. The predicted octanol–water partition coefficient (Wildman–Crippen LogP) is 1.88. The molecule has 5 heteroatoms. The topological polar surface area (TPSA) is 82.0 Å². The summed E-state index contributed by atoms with van der Waals surface area (Å²) in [5.41, 5.74) is -1.00. The molecule has 0 aromatic heterocycles. The molecule has 5 nitrogen and oxygen atoms in total. The number of rotatable bonds is 8. The van der Waals surface area contributed by atoms with Crippen LogP contribution in [0.3, 0.4) is 0 Å². The normalized spacial score (nSPS) is 16.1. The molecular weight excluding hydrogens is 254 g/mol. The van der Waals surface area contributed by atoms with Crippen LogP contribution in [0.4, 0.5) is 0 Å². The zero-order valence-corrected chi connectivity index (χ0v) is 12.7. The van der Waals surface area contributed by atoms with Crippen molar-refractivity contribution >= 4 is 11.8 Å². The van der Waals surface area contributed by atoms with Crippen LogP contribution >= 0.6 is 0 Å². The van der Waals surface area contributed by atoms with Crippen molar-refractivity contribution in [2.75, 3.05) is 0 Å². The first kappa shape index (κ1) is 16.5. The highest BCUT2D eigenvalue weighted by Crippen LogP contribution is 2.29. The third kappa shape index (κ3) is 4.22. The van der Waals surface area contributed by atoms with Gasteiger partial charge in [-0.3, -0.25) is 9.59 Å². The van der Waals surface area contributed by atoms with Gasteiger partial charge < -0.3 is 10.6 Å². The molecular formula is C15H25N3O2. The maximum Gasteiger partial charge on any atom is 0.242 e. The number of nitrogens with zero attached hydrogens (tertiary/aromatic N) is 1. The Bertz CT molecular complexity index is 390. The zero-order chi connectivity index (χ0) is 15.2. The molecule has 20 heavy (non-hydrogen) atoms. The average molecular weight is 279 g/mol. The minimum Gasteiger partial charge on any atom is -0.352 e. The second-order valence-corrected chi connectivity index (χ2v) is 5.67. The Morgan fingerprint density at radius 1 is 1.30 bits per heavy atom. The van der Waals surface area contributed by atoms with Gasteiger partial charge in [0.2, 0.25) is 11.8 Å². The molecule has 1 unspecified atom stereocenters. The number of hydrogen-bond acceptors (Lipinski definition) is 3. The second kappa shape index (κ2) is 7.28. The van der Waals surface area contributed by atoms with E-state index in [9.17, 15) is 14.9 Å². The largest absolute Gasteiger partial charge is 0.352 e. The van der Waals surface area contributed by atoms with Crippen LogP contribution in [0.25, 0.3) is 0 Å². The summed E-state index contributed by atoms with van der Waals surface area (Å²) in [5.74, 6) is -0.483. The second-order valence-electron chi connectivity index (χ2n) is 5.67. The zero-order valence-electron chi connectivity index (χ0n) is 12.7. The molecule has 0 radical (unpaired) electrons. The van der Waals surface area contributed by atoms with Gasteiger partial charge in [0.15, 0.2) is 0 Å². The minimum absolute atomic E-state index is 0.166. The van der Waals surface area contributed by atoms with Crippen LogP contribution < -0.4 is 10.6 Å². The molecule has 0 aromatic carbocycles. The number of nitrogens with one attached hydrogen (secondary N) is 2. The molecule has 2 N–H and O–H groups in total. The standard InChI is InChI=1S/C15H25N3O2/c1-4-8-15(10-16,9-5-2)14(20)17-11(3)13(19)18-12-6-7-12/h11-12H,4-9H2,1-3H3,(H,17,20)(H,18,19). The number of hydrogen-bond donors (Lipinski definition) is 2. The quantitative estimate of drug-likeness (QED) is 0.711. The lowest BCUT2D eigenvalue weighted by atomic mass is 9.79. The van der Waals surface area contributed by atoms with Crippen LogP contribution in [0.5, 0.6) is 0 Å². The Hall–Kier alpha value is -1.57. The minimum atomic E-state index is -1.00. The van der Waals surface area contributed by atoms with Crippen molar-refractivity contribution in [2.45, 2.75) is 71.4 Å². The van der Waals surface area contributed by atoms with Crippen molar-refractivity contribution in [3.8, 4) is 6.07 Å². The van der Waals surface area contributed by atoms with E-state index in [1.54, 1.807) is 6.92 Å². The van der Waals surface area contributed by atoms with Crippen LogP contribution in [0.15, 0.2) is 0 Å². The fraction of sp³-hybridized carbons (Fsp3) is 0.800. The van der Waals surface area contributed by atoms with Crippen molar-refractivity contribution < 1.29 is 9.59 Å². The van der Waals surface area contributed by atoms with E-state index in [0.29, 0.717) is 12.8 Å². The van der Waals surface area contributed by atoms with E-state index in [1.807, 2.05) is 13.8 Å². The number of carbonyl (C=O) groups excluding carboxylic acids is 2. The van der Waals surface area contributed by atoms with Crippen molar-refractivity contribution in [3.63, 3.8) is 0 Å². The summed E-state index contributed by atoms with van der Waals surface area (Å²) < 4.78 is 0. The first-order valence-electron chi connectivity index (χ1n) is 7.51. The Labute approximate surface area is 121 Å². The van der Waals surface area contributed by atoms with E-state index >= 15 is 0 Å². The Kier molecular flexibility index (Phi) is 6.00. The van der Waals surface area contributed by atoms with E-state index in [-0.39, 0.29) is 17.9 Å². The maximum atomic E-state index is 12.4. The smallest absolute Gasteiger partial charge is 0.242 e. The monoisotopic (exact) mass is 279 g/mol. The van der Waals surface area contributed by atoms with Gasteiger partial charge in [-0.15, -0.1) is 0 Å². The lowest BCUT2D eigenvalue weighted by molar-refractivity contribution is -0.133. The van der Waals surface area contributed by atoms with Gasteiger partial charge in [0, 0.05) is 6.04 Å². The Morgan fingerprint density at radius 3 is 2.25 bits per heavy atom. The van der Waals surface area contributed by atoms with Crippen LogP contribution in [-0.2, 0) is 9.59 Å². The van der Waals surface area contributed by atoms with E-state index < -0.39 is 11.5 Å². The van der Waals surface area contributed by atoms with E-state index in [4.69, 9.17) is 0 Å². The average Bonchev–Trinajstić information content (AvgIpc) is 3.21. The van der Waals surface area contributed by atoms with Crippen LogP contribution in [0.2, 0.25) is 0 Å². The molecule has 1 aliphatic rings. The summed E-state index contributed by atoms with van der Waals surface area (Å²) in [7, 11) is 0. The van der Waals surface area contributed by atoms with Crippen LogP contribution in [-0.4, -0.2) is 23.9 Å². The molecule has 1 aliphatic carbocycles. The summed E-state index contributed by atoms with van der Waals surface area (Å²) in [5, 5.41) is 15.0. The highest BCUT2D eigenvalue weighted by molar-refractivity contribution is 5.91. The molecule has 1 atom stereocenters. The van der Waals surface area contributed by atoms with E-state index in [0.717, 1.165) is 25.7 Å². The van der Waals surface area contributed by atoms with Crippen molar-refractivity contribution in [1.82, 2.24) is 10.6 Å². The molecule has 0 heterocycles. The highest BCUT2D eigenvalue weighted by atomic mass is 16.2. The Morgan fingerprint density at radius 2 is 1.85 bits per heavy atom. The van der Waals surface area contributed by atoms with Gasteiger partial charge in [-0.05, 0) is 32.6 Å². The van der Waals surface area contributed by atoms with Gasteiger partial charge in [-0.1, -0.05) is 26.7 Å². The lowest BCUT2D eigenvalue weighted by Crippen LogP contribution is -2.50. The molecule has 0 spiro atoms. The first-order valence-corrected chi connectivity index (χ1v) is 7.51. The van der Waals surface area contributed by atoms with Crippen molar-refractivity contribution in [1.29, 1.82) is 5.26 Å². The fourth-order valence-electron chi connectivity index (χ4n) is 2.32. The summed E-state index contributed by atoms with van der Waals surface area (Å²) in [6, 6.07) is 1.85. The first-order chi connectivity index (χ1) is 9.49. The van der Waals surface area contributed by atoms with Crippen LogP contribution in [0, 0.1) is 16.7 Å². The maximum absolute atomic E-state index is 12.4. The molecule has 0 aliphatic heterocycles. The number of nitriles is 1. The van der Waals surface area contributed by atoms with E-state index in [2.05, 4.69) is 16.7 Å². The SMILES string of the molecule is CCCC(C#N)(CCC)C(=O)NC(C)C(=O)NC1CC1. The predicted molar refractivity (Wildman–Crippen MR) is 76.6 cm³/mol. The van der Waals surface area contributed by atoms with Crippen LogP contribution in [0.1, 0.15) is 59.3 Å². The van der Waals surface area contributed by atoms with Gasteiger partial charge in [-0.25, -0.2) is 0 Å². The van der Waals surface area contributed by atoms with E-state index in [1.165, 1.54) is 0 Å². The molecule has 1 fully saturated rings. The molecule has 112 valence electrons. The third-order valence-corrected chi connectivity index (χ3v) is 3.67. The van der Waals surface area contributed by atoms with Gasteiger partial charge in [0.25, 0.3) is 0 Å². The molecule has 1 rings (SSSR count). The molecule has 0 bridgehead atoms. The summed E-state index contributed by atoms with van der Waals surface area (Å²) >= 11 is 0.